The van der Waals surface area contributed by atoms with Gasteiger partial charge in [0.2, 0.25) is 5.91 Å². The van der Waals surface area contributed by atoms with E-state index < -0.39 is 0 Å². The molecule has 0 bridgehead atoms. The molecule has 6 aromatic rings. The van der Waals surface area contributed by atoms with Gasteiger partial charge in [-0.05, 0) is 56.2 Å². The molecule has 1 aromatic carbocycles. The molecule has 0 atom stereocenters. The minimum atomic E-state index is 0.0653. The van der Waals surface area contributed by atoms with Crippen molar-refractivity contribution in [3.8, 4) is 33.0 Å². The first-order chi connectivity index (χ1) is 17.6. The van der Waals surface area contributed by atoms with Crippen LogP contribution in [0, 0.1) is 12.8 Å². The fraction of sp³-hybridized carbons (Fsp3) is 0.143. The normalized spacial score (nSPS) is 13.5. The molecule has 36 heavy (non-hydrogen) atoms. The maximum Gasteiger partial charge on any atom is 0.227 e. The van der Waals surface area contributed by atoms with Gasteiger partial charge >= 0.3 is 0 Å². The van der Waals surface area contributed by atoms with E-state index in [1.807, 2.05) is 6.07 Å². The quantitative estimate of drug-likeness (QED) is 0.255. The first kappa shape index (κ1) is 21.0. The van der Waals surface area contributed by atoms with Gasteiger partial charge in [0, 0.05) is 61.0 Å². The lowest BCUT2D eigenvalue weighted by Gasteiger charge is -2.07. The monoisotopic (exact) mass is 490 g/mol. The van der Waals surface area contributed by atoms with Gasteiger partial charge in [0.1, 0.15) is 0 Å². The lowest BCUT2D eigenvalue weighted by atomic mass is 10.1. The van der Waals surface area contributed by atoms with Crippen LogP contribution in [0.4, 0.5) is 5.69 Å². The largest absolute Gasteiger partial charge is 0.353 e. The van der Waals surface area contributed by atoms with Crippen LogP contribution >= 0.6 is 11.3 Å². The Hall–Kier alpha value is -4.30. The van der Waals surface area contributed by atoms with Gasteiger partial charge in [-0.15, -0.1) is 11.3 Å². The third-order valence-electron chi connectivity index (χ3n) is 6.64. The van der Waals surface area contributed by atoms with Crippen LogP contribution in [0.25, 0.3) is 54.9 Å². The SMILES string of the molecule is Cc1ccc(-c2cccc3[nH]c(-c4[nH]nc5ncc(-c6cncc(NC(=O)C7CC7)c6)cc45)cc23)s1. The molecule has 1 aliphatic carbocycles. The predicted octanol–water partition coefficient (Wildman–Crippen LogP) is 6.55. The molecule has 0 saturated heterocycles. The zero-order valence-corrected chi connectivity index (χ0v) is 20.3. The second-order valence-corrected chi connectivity index (χ2v) is 10.6. The average molecular weight is 491 g/mol. The summed E-state index contributed by atoms with van der Waals surface area (Å²) in [6, 6.07) is 16.9. The number of H-pyrrole nitrogens is 2. The van der Waals surface area contributed by atoms with Gasteiger partial charge in [-0.3, -0.25) is 14.9 Å². The second-order valence-electron chi connectivity index (χ2n) is 9.28. The minimum absolute atomic E-state index is 0.0653. The molecule has 5 aromatic heterocycles. The maximum atomic E-state index is 12.2. The van der Waals surface area contributed by atoms with Gasteiger partial charge in [0.25, 0.3) is 0 Å². The molecule has 1 saturated carbocycles. The van der Waals surface area contributed by atoms with Gasteiger partial charge in [-0.25, -0.2) is 4.98 Å². The van der Waals surface area contributed by atoms with E-state index in [1.165, 1.54) is 20.7 Å². The van der Waals surface area contributed by atoms with E-state index in [9.17, 15) is 4.79 Å². The number of nitrogens with one attached hydrogen (secondary N) is 3. The number of aromatic amines is 2. The van der Waals surface area contributed by atoms with Gasteiger partial charge < -0.3 is 10.3 Å². The van der Waals surface area contributed by atoms with Crippen LogP contribution in [-0.4, -0.2) is 31.1 Å². The number of fused-ring (bicyclic) bond motifs is 2. The summed E-state index contributed by atoms with van der Waals surface area (Å²) in [4.78, 5) is 27.2. The van der Waals surface area contributed by atoms with Crippen molar-refractivity contribution in [3.05, 3.63) is 72.0 Å². The van der Waals surface area contributed by atoms with Crippen LogP contribution in [0.5, 0.6) is 0 Å². The van der Waals surface area contributed by atoms with Crippen molar-refractivity contribution in [2.24, 2.45) is 5.92 Å². The number of hydrogen-bond acceptors (Lipinski definition) is 5. The van der Waals surface area contributed by atoms with E-state index in [0.29, 0.717) is 11.3 Å². The molecule has 176 valence electrons. The van der Waals surface area contributed by atoms with Crippen LogP contribution in [0.3, 0.4) is 0 Å². The summed E-state index contributed by atoms with van der Waals surface area (Å²) in [7, 11) is 0. The summed E-state index contributed by atoms with van der Waals surface area (Å²) in [6.07, 6.45) is 7.18. The van der Waals surface area contributed by atoms with Crippen molar-refractivity contribution in [1.29, 1.82) is 0 Å². The first-order valence-corrected chi connectivity index (χ1v) is 12.7. The molecular weight excluding hydrogens is 468 g/mol. The number of aromatic nitrogens is 5. The topological polar surface area (TPSA) is 99.3 Å². The molecule has 7 nitrogen and oxygen atoms in total. The fourth-order valence-electron chi connectivity index (χ4n) is 4.60. The highest BCUT2D eigenvalue weighted by molar-refractivity contribution is 7.15. The summed E-state index contributed by atoms with van der Waals surface area (Å²) < 4.78 is 0. The summed E-state index contributed by atoms with van der Waals surface area (Å²) in [5.74, 6) is 0.205. The molecule has 5 heterocycles. The summed E-state index contributed by atoms with van der Waals surface area (Å²) in [5, 5.41) is 12.7. The molecule has 1 fully saturated rings. The van der Waals surface area contributed by atoms with Crippen molar-refractivity contribution >= 4 is 44.9 Å². The standard InChI is InChI=1S/C28H22N6OS/c1-15-5-8-25(36-15)20-3-2-4-23-21(20)11-24(32-23)26-22-10-18(13-30-27(22)34-33-26)17-9-19(14-29-12-17)31-28(35)16-6-7-16/h2-5,8-14,16,32H,6-7H2,1H3,(H,31,35)(H,30,33,34). The first-order valence-electron chi connectivity index (χ1n) is 11.9. The number of rotatable bonds is 5. The third-order valence-corrected chi connectivity index (χ3v) is 7.67. The number of hydrogen-bond donors (Lipinski definition) is 3. The molecule has 7 rings (SSSR count). The summed E-state index contributed by atoms with van der Waals surface area (Å²) in [5.41, 5.74) is 7.26. The van der Waals surface area contributed by atoms with Crippen LogP contribution in [-0.2, 0) is 4.79 Å². The minimum Gasteiger partial charge on any atom is -0.353 e. The van der Waals surface area contributed by atoms with E-state index >= 15 is 0 Å². The van der Waals surface area contributed by atoms with Gasteiger partial charge in [-0.2, -0.15) is 5.10 Å². The Bertz CT molecular complexity index is 1770. The molecule has 1 aliphatic rings. The Kier molecular flexibility index (Phi) is 4.75. The van der Waals surface area contributed by atoms with Gasteiger partial charge in [0.05, 0.1) is 23.3 Å². The molecule has 0 aliphatic heterocycles. The van der Waals surface area contributed by atoms with Crippen LogP contribution < -0.4 is 5.32 Å². The van der Waals surface area contributed by atoms with Crippen LogP contribution in [0.15, 0.2) is 67.1 Å². The molecular formula is C28H22N6OS. The van der Waals surface area contributed by atoms with E-state index in [0.717, 1.165) is 46.3 Å². The molecule has 3 N–H and O–H groups in total. The Morgan fingerprint density at radius 3 is 2.75 bits per heavy atom. The lowest BCUT2D eigenvalue weighted by molar-refractivity contribution is -0.117. The van der Waals surface area contributed by atoms with Crippen molar-refractivity contribution < 1.29 is 4.79 Å². The summed E-state index contributed by atoms with van der Waals surface area (Å²) in [6.45, 7) is 2.13. The Labute approximate surface area is 210 Å². The fourth-order valence-corrected chi connectivity index (χ4v) is 5.51. The number of thiophene rings is 1. The maximum absolute atomic E-state index is 12.2. The second kappa shape index (κ2) is 8.13. The van der Waals surface area contributed by atoms with E-state index in [4.69, 9.17) is 0 Å². The third kappa shape index (κ3) is 3.67. The predicted molar refractivity (Wildman–Crippen MR) is 144 cm³/mol. The molecule has 8 heteroatoms. The van der Waals surface area contributed by atoms with Crippen LogP contribution in [0.2, 0.25) is 0 Å². The number of carbonyl (C=O) groups is 1. The molecule has 0 unspecified atom stereocenters. The van der Waals surface area contributed by atoms with Crippen molar-refractivity contribution in [2.45, 2.75) is 19.8 Å². The number of amides is 1. The molecule has 0 radical (unpaired) electrons. The number of carbonyl (C=O) groups excluding carboxylic acids is 1. The highest BCUT2D eigenvalue weighted by Crippen LogP contribution is 2.37. The number of benzene rings is 1. The zero-order chi connectivity index (χ0) is 24.2. The van der Waals surface area contributed by atoms with E-state index in [1.54, 1.807) is 29.9 Å². The Morgan fingerprint density at radius 1 is 1.03 bits per heavy atom. The van der Waals surface area contributed by atoms with Gasteiger partial charge in [0.15, 0.2) is 5.65 Å². The number of aryl methyl sites for hydroxylation is 1. The lowest BCUT2D eigenvalue weighted by Crippen LogP contribution is -2.13. The van der Waals surface area contributed by atoms with Crippen molar-refractivity contribution in [3.63, 3.8) is 0 Å². The Balaban J connectivity index is 1.28. The van der Waals surface area contributed by atoms with E-state index in [-0.39, 0.29) is 11.8 Å². The number of pyridine rings is 2. The van der Waals surface area contributed by atoms with Gasteiger partial charge in [-0.1, -0.05) is 12.1 Å². The molecule has 0 spiro atoms. The van der Waals surface area contributed by atoms with Crippen molar-refractivity contribution in [2.75, 3.05) is 5.32 Å². The smallest absolute Gasteiger partial charge is 0.227 e. The van der Waals surface area contributed by atoms with E-state index in [2.05, 4.69) is 79.9 Å². The molecule has 1 amide bonds. The highest BCUT2D eigenvalue weighted by atomic mass is 32.1. The number of anilines is 1. The van der Waals surface area contributed by atoms with Crippen LogP contribution in [0.1, 0.15) is 17.7 Å². The Morgan fingerprint density at radius 2 is 1.92 bits per heavy atom. The highest BCUT2D eigenvalue weighted by Gasteiger charge is 2.29. The average Bonchev–Trinajstić information content (AvgIpc) is 3.30. The number of nitrogens with zero attached hydrogens (tertiary/aromatic N) is 3. The summed E-state index contributed by atoms with van der Waals surface area (Å²) >= 11 is 1.80. The zero-order valence-electron chi connectivity index (χ0n) is 19.5. The van der Waals surface area contributed by atoms with Crippen molar-refractivity contribution in [1.82, 2.24) is 25.1 Å².